The normalized spacial score (nSPS) is 14.9. The van der Waals surface area contributed by atoms with Crippen LogP contribution in [0.1, 0.15) is 28.8 Å². The monoisotopic (exact) mass is 337 g/mol. The van der Waals surface area contributed by atoms with Crippen LogP contribution in [0.5, 0.6) is 0 Å². The lowest BCUT2D eigenvalue weighted by Crippen LogP contribution is -2.27. The minimum Gasteiger partial charge on any atom is -0.339 e. The first-order chi connectivity index (χ1) is 11.4. The Hall–Kier alpha value is -2.37. The molecule has 6 heteroatoms. The average molecular weight is 337 g/mol. The molecule has 0 aromatic heterocycles. The third kappa shape index (κ3) is 3.27. The molecule has 1 fully saturated rings. The van der Waals surface area contributed by atoms with Crippen molar-refractivity contribution in [1.82, 2.24) is 4.90 Å². The van der Waals surface area contributed by atoms with Crippen molar-refractivity contribution in [2.45, 2.75) is 19.0 Å². The fourth-order valence-corrected chi connectivity index (χ4v) is 2.90. The van der Waals surface area contributed by atoms with Crippen molar-refractivity contribution in [3.63, 3.8) is 0 Å². The van der Waals surface area contributed by atoms with Gasteiger partial charge in [-0.15, -0.1) is 0 Å². The van der Waals surface area contributed by atoms with E-state index in [4.69, 9.17) is 0 Å². The van der Waals surface area contributed by atoms with Crippen LogP contribution in [0.15, 0.2) is 42.5 Å². The molecular weight excluding hydrogens is 322 g/mol. The molecule has 0 atom stereocenters. The summed E-state index contributed by atoms with van der Waals surface area (Å²) in [5.41, 5.74) is -0.490. The number of hydrogen-bond acceptors (Lipinski definition) is 1. The molecule has 0 bridgehead atoms. The summed E-state index contributed by atoms with van der Waals surface area (Å²) in [5.74, 6) is -0.871. The maximum Gasteiger partial charge on any atom is 0.417 e. The first-order valence-corrected chi connectivity index (χ1v) is 7.63. The Balaban J connectivity index is 1.94. The van der Waals surface area contributed by atoms with Crippen LogP contribution in [-0.2, 0) is 6.18 Å². The molecule has 1 heterocycles. The van der Waals surface area contributed by atoms with Gasteiger partial charge in [-0.1, -0.05) is 12.1 Å². The minimum atomic E-state index is -4.58. The van der Waals surface area contributed by atoms with Gasteiger partial charge in [0.15, 0.2) is 0 Å². The molecule has 1 aliphatic rings. The minimum absolute atomic E-state index is 0.130. The van der Waals surface area contributed by atoms with Crippen LogP contribution in [-0.4, -0.2) is 23.9 Å². The van der Waals surface area contributed by atoms with Crippen molar-refractivity contribution >= 4 is 5.91 Å². The van der Waals surface area contributed by atoms with E-state index in [-0.39, 0.29) is 17.0 Å². The SMILES string of the molecule is O=C(c1ccc(-c2cc(F)ccc2C(F)(F)F)cc1)N1CCCC1. The molecule has 0 spiro atoms. The number of hydrogen-bond donors (Lipinski definition) is 0. The Labute approximate surface area is 136 Å². The Bertz CT molecular complexity index is 747. The first kappa shape index (κ1) is 16.5. The summed E-state index contributed by atoms with van der Waals surface area (Å²) in [6, 6.07) is 8.20. The van der Waals surface area contributed by atoms with Crippen LogP contribution < -0.4 is 0 Å². The van der Waals surface area contributed by atoms with Gasteiger partial charge in [0.25, 0.3) is 5.91 Å². The van der Waals surface area contributed by atoms with Crippen LogP contribution in [0.4, 0.5) is 17.6 Å². The summed E-state index contributed by atoms with van der Waals surface area (Å²) in [6.45, 7) is 1.39. The van der Waals surface area contributed by atoms with Crippen molar-refractivity contribution in [3.05, 3.63) is 59.4 Å². The van der Waals surface area contributed by atoms with Gasteiger partial charge < -0.3 is 4.90 Å². The van der Waals surface area contributed by atoms with E-state index in [2.05, 4.69) is 0 Å². The van der Waals surface area contributed by atoms with Gasteiger partial charge in [-0.25, -0.2) is 4.39 Å². The lowest BCUT2D eigenvalue weighted by atomic mass is 9.98. The summed E-state index contributed by atoms with van der Waals surface area (Å²) in [6.07, 6.45) is -2.66. The highest BCUT2D eigenvalue weighted by Crippen LogP contribution is 2.37. The molecule has 2 aromatic rings. The third-order valence-electron chi connectivity index (χ3n) is 4.12. The fourth-order valence-electron chi connectivity index (χ4n) is 2.90. The zero-order valence-corrected chi connectivity index (χ0v) is 12.7. The molecule has 2 aromatic carbocycles. The highest BCUT2D eigenvalue weighted by Gasteiger charge is 2.33. The van der Waals surface area contributed by atoms with Gasteiger partial charge in [-0.2, -0.15) is 13.2 Å². The standard InChI is InChI=1S/C18H15F4NO/c19-14-7-8-16(18(20,21)22)15(11-14)12-3-5-13(6-4-12)17(24)23-9-1-2-10-23/h3-8,11H,1-2,9-10H2. The maximum atomic E-state index is 13.4. The van der Waals surface area contributed by atoms with Gasteiger partial charge in [-0.3, -0.25) is 4.79 Å². The average Bonchev–Trinajstić information content (AvgIpc) is 3.07. The molecule has 1 aliphatic heterocycles. The molecule has 24 heavy (non-hydrogen) atoms. The highest BCUT2D eigenvalue weighted by molar-refractivity contribution is 5.95. The van der Waals surface area contributed by atoms with Gasteiger partial charge >= 0.3 is 6.18 Å². The molecule has 0 saturated carbocycles. The Kier molecular flexibility index (Phi) is 4.30. The van der Waals surface area contributed by atoms with E-state index >= 15 is 0 Å². The zero-order valence-electron chi connectivity index (χ0n) is 12.7. The number of benzene rings is 2. The molecule has 0 unspecified atom stereocenters. The van der Waals surface area contributed by atoms with Gasteiger partial charge in [0.05, 0.1) is 5.56 Å². The number of likely N-dealkylation sites (tertiary alicyclic amines) is 1. The molecule has 2 nitrogen and oxygen atoms in total. The van der Waals surface area contributed by atoms with E-state index in [1.807, 2.05) is 0 Å². The number of carbonyl (C=O) groups excluding carboxylic acids is 1. The molecule has 1 amide bonds. The number of rotatable bonds is 2. The lowest BCUT2D eigenvalue weighted by Gasteiger charge is -2.16. The predicted molar refractivity (Wildman–Crippen MR) is 82.0 cm³/mol. The van der Waals surface area contributed by atoms with Gasteiger partial charge in [-0.05, 0) is 54.3 Å². The van der Waals surface area contributed by atoms with Crippen molar-refractivity contribution in [2.75, 3.05) is 13.1 Å². The van der Waals surface area contributed by atoms with Gasteiger partial charge in [0, 0.05) is 18.7 Å². The second-order valence-corrected chi connectivity index (χ2v) is 5.76. The molecule has 0 aliphatic carbocycles. The van der Waals surface area contributed by atoms with Crippen LogP contribution >= 0.6 is 0 Å². The summed E-state index contributed by atoms with van der Waals surface area (Å²) < 4.78 is 52.7. The fraction of sp³-hybridized carbons (Fsp3) is 0.278. The summed E-state index contributed by atoms with van der Waals surface area (Å²) in [5, 5.41) is 0. The van der Waals surface area contributed by atoms with E-state index in [1.54, 1.807) is 4.90 Å². The van der Waals surface area contributed by atoms with Gasteiger partial charge in [0.1, 0.15) is 5.82 Å². The van der Waals surface area contributed by atoms with E-state index in [0.29, 0.717) is 18.7 Å². The molecular formula is C18H15F4NO. The summed E-state index contributed by atoms with van der Waals surface area (Å²) in [7, 11) is 0. The molecule has 0 radical (unpaired) electrons. The smallest absolute Gasteiger partial charge is 0.339 e. The number of nitrogens with zero attached hydrogens (tertiary/aromatic N) is 1. The summed E-state index contributed by atoms with van der Waals surface area (Å²) in [4.78, 5) is 14.0. The number of halogens is 4. The largest absolute Gasteiger partial charge is 0.417 e. The van der Waals surface area contributed by atoms with Crippen molar-refractivity contribution < 1.29 is 22.4 Å². The van der Waals surface area contributed by atoms with Crippen molar-refractivity contribution in [2.24, 2.45) is 0 Å². The van der Waals surface area contributed by atoms with Crippen LogP contribution in [0.3, 0.4) is 0 Å². The number of alkyl halides is 3. The highest BCUT2D eigenvalue weighted by atomic mass is 19.4. The topological polar surface area (TPSA) is 20.3 Å². The predicted octanol–water partition coefficient (Wildman–Crippen LogP) is 4.75. The molecule has 0 N–H and O–H groups in total. The Morgan fingerprint density at radius 1 is 0.958 bits per heavy atom. The third-order valence-corrected chi connectivity index (χ3v) is 4.12. The molecule has 126 valence electrons. The van der Waals surface area contributed by atoms with E-state index < -0.39 is 17.6 Å². The molecule has 3 rings (SSSR count). The Morgan fingerprint density at radius 3 is 2.17 bits per heavy atom. The van der Waals surface area contributed by atoms with E-state index in [0.717, 1.165) is 31.0 Å². The van der Waals surface area contributed by atoms with Crippen LogP contribution in [0.2, 0.25) is 0 Å². The van der Waals surface area contributed by atoms with Crippen LogP contribution in [0.25, 0.3) is 11.1 Å². The van der Waals surface area contributed by atoms with Gasteiger partial charge in [0.2, 0.25) is 0 Å². The van der Waals surface area contributed by atoms with E-state index in [1.165, 1.54) is 24.3 Å². The van der Waals surface area contributed by atoms with Crippen LogP contribution in [0, 0.1) is 5.82 Å². The van der Waals surface area contributed by atoms with Crippen molar-refractivity contribution in [1.29, 1.82) is 0 Å². The lowest BCUT2D eigenvalue weighted by molar-refractivity contribution is -0.137. The Morgan fingerprint density at radius 2 is 1.58 bits per heavy atom. The molecule has 1 saturated heterocycles. The second kappa shape index (κ2) is 6.26. The quantitative estimate of drug-likeness (QED) is 0.725. The summed E-state index contributed by atoms with van der Waals surface area (Å²) >= 11 is 0. The number of carbonyl (C=O) groups is 1. The second-order valence-electron chi connectivity index (χ2n) is 5.76. The first-order valence-electron chi connectivity index (χ1n) is 7.63. The van der Waals surface area contributed by atoms with E-state index in [9.17, 15) is 22.4 Å². The number of amides is 1. The maximum absolute atomic E-state index is 13.4. The van der Waals surface area contributed by atoms with Crippen molar-refractivity contribution in [3.8, 4) is 11.1 Å². The zero-order chi connectivity index (χ0) is 17.3.